The minimum atomic E-state index is 0.671. The summed E-state index contributed by atoms with van der Waals surface area (Å²) in [6.07, 6.45) is 0. The molecule has 0 saturated heterocycles. The molecule has 0 unspecified atom stereocenters. The molecule has 98 valence electrons. The van der Waals surface area contributed by atoms with Crippen LogP contribution in [0.1, 0.15) is 28.1 Å². The smallest absolute Gasteiger partial charge is 0.101 e. The van der Waals surface area contributed by atoms with E-state index in [1.54, 1.807) is 0 Å². The molecule has 0 bridgehead atoms. The molecule has 19 heavy (non-hydrogen) atoms. The molecule has 1 heterocycles. The van der Waals surface area contributed by atoms with E-state index in [9.17, 15) is 0 Å². The highest BCUT2D eigenvalue weighted by molar-refractivity contribution is 5.59. The SMILES string of the molecule is Cc1ccc(C#N)c(NCc2c(C)nn(C)c2C)c1. The van der Waals surface area contributed by atoms with Crippen LogP contribution >= 0.6 is 0 Å². The number of anilines is 1. The molecule has 0 radical (unpaired) electrons. The highest BCUT2D eigenvalue weighted by Crippen LogP contribution is 2.19. The minimum absolute atomic E-state index is 0.671. The third kappa shape index (κ3) is 2.60. The predicted molar refractivity (Wildman–Crippen MR) is 75.9 cm³/mol. The number of nitriles is 1. The van der Waals surface area contributed by atoms with Crippen molar-refractivity contribution in [3.8, 4) is 6.07 Å². The largest absolute Gasteiger partial charge is 0.380 e. The van der Waals surface area contributed by atoms with Crippen molar-refractivity contribution < 1.29 is 0 Å². The van der Waals surface area contributed by atoms with Crippen LogP contribution in [-0.2, 0) is 13.6 Å². The minimum Gasteiger partial charge on any atom is -0.380 e. The lowest BCUT2D eigenvalue weighted by molar-refractivity contribution is 0.730. The first kappa shape index (κ1) is 13.2. The summed E-state index contributed by atoms with van der Waals surface area (Å²) in [7, 11) is 1.94. The second-order valence-electron chi connectivity index (χ2n) is 4.79. The Morgan fingerprint density at radius 3 is 2.63 bits per heavy atom. The third-order valence-electron chi connectivity index (χ3n) is 3.41. The third-order valence-corrected chi connectivity index (χ3v) is 3.41. The van der Waals surface area contributed by atoms with Gasteiger partial charge in [-0.2, -0.15) is 10.4 Å². The van der Waals surface area contributed by atoms with E-state index in [2.05, 4.69) is 23.4 Å². The van der Waals surface area contributed by atoms with Crippen molar-refractivity contribution in [3.63, 3.8) is 0 Å². The average Bonchev–Trinajstić information content (AvgIpc) is 2.61. The van der Waals surface area contributed by atoms with Gasteiger partial charge < -0.3 is 5.32 Å². The molecule has 2 rings (SSSR count). The normalized spacial score (nSPS) is 10.3. The van der Waals surface area contributed by atoms with Crippen molar-refractivity contribution in [2.24, 2.45) is 7.05 Å². The van der Waals surface area contributed by atoms with Gasteiger partial charge in [-0.25, -0.2) is 0 Å². The molecule has 0 aliphatic carbocycles. The lowest BCUT2D eigenvalue weighted by Crippen LogP contribution is -2.04. The van der Waals surface area contributed by atoms with Gasteiger partial charge in [0.15, 0.2) is 0 Å². The van der Waals surface area contributed by atoms with E-state index in [4.69, 9.17) is 5.26 Å². The Morgan fingerprint density at radius 1 is 1.32 bits per heavy atom. The van der Waals surface area contributed by atoms with Crippen LogP contribution in [0.15, 0.2) is 18.2 Å². The van der Waals surface area contributed by atoms with Crippen LogP contribution in [0.3, 0.4) is 0 Å². The summed E-state index contributed by atoms with van der Waals surface area (Å²) in [4.78, 5) is 0. The molecule has 0 atom stereocenters. The molecule has 0 amide bonds. The highest BCUT2D eigenvalue weighted by Gasteiger charge is 2.10. The second kappa shape index (κ2) is 5.15. The Balaban J connectivity index is 2.24. The lowest BCUT2D eigenvalue weighted by atomic mass is 10.1. The number of hydrogen-bond donors (Lipinski definition) is 1. The Bertz CT molecular complexity index is 647. The second-order valence-corrected chi connectivity index (χ2v) is 4.79. The van der Waals surface area contributed by atoms with Gasteiger partial charge in [-0.05, 0) is 38.5 Å². The fourth-order valence-corrected chi connectivity index (χ4v) is 2.16. The van der Waals surface area contributed by atoms with Gasteiger partial charge in [0, 0.05) is 24.8 Å². The zero-order valence-electron chi connectivity index (χ0n) is 11.8. The van der Waals surface area contributed by atoms with E-state index >= 15 is 0 Å². The first-order valence-electron chi connectivity index (χ1n) is 6.26. The summed E-state index contributed by atoms with van der Waals surface area (Å²) < 4.78 is 1.88. The van der Waals surface area contributed by atoms with Gasteiger partial charge in [-0.15, -0.1) is 0 Å². The molecule has 1 aromatic heterocycles. The first-order chi connectivity index (χ1) is 9.02. The van der Waals surface area contributed by atoms with Crippen LogP contribution in [0.5, 0.6) is 0 Å². The van der Waals surface area contributed by atoms with Crippen molar-refractivity contribution >= 4 is 5.69 Å². The summed E-state index contributed by atoms with van der Waals surface area (Å²) >= 11 is 0. The summed E-state index contributed by atoms with van der Waals surface area (Å²) in [6, 6.07) is 8.01. The number of aryl methyl sites for hydroxylation is 3. The topological polar surface area (TPSA) is 53.6 Å². The first-order valence-corrected chi connectivity index (χ1v) is 6.26. The fraction of sp³-hybridized carbons (Fsp3) is 0.333. The maximum absolute atomic E-state index is 9.11. The summed E-state index contributed by atoms with van der Waals surface area (Å²) in [6.45, 7) is 6.76. The Kier molecular flexibility index (Phi) is 3.57. The standard InChI is InChI=1S/C15H18N4/c1-10-5-6-13(8-16)15(7-10)17-9-14-11(2)18-19(4)12(14)3/h5-7,17H,9H2,1-4H3. The van der Waals surface area contributed by atoms with Crippen molar-refractivity contribution in [3.05, 3.63) is 46.3 Å². The van der Waals surface area contributed by atoms with E-state index in [1.165, 1.54) is 5.56 Å². The fourth-order valence-electron chi connectivity index (χ4n) is 2.16. The average molecular weight is 254 g/mol. The predicted octanol–water partition coefficient (Wildman–Crippen LogP) is 2.83. The maximum atomic E-state index is 9.11. The van der Waals surface area contributed by atoms with E-state index in [0.29, 0.717) is 12.1 Å². The summed E-state index contributed by atoms with van der Waals surface area (Å²) in [5.41, 5.74) is 6.05. The molecule has 1 N–H and O–H groups in total. The van der Waals surface area contributed by atoms with Crippen molar-refractivity contribution in [1.29, 1.82) is 5.26 Å². The molecule has 0 fully saturated rings. The molecule has 0 aliphatic heterocycles. The van der Waals surface area contributed by atoms with E-state index in [-0.39, 0.29) is 0 Å². The van der Waals surface area contributed by atoms with Crippen LogP contribution in [0.2, 0.25) is 0 Å². The number of aromatic nitrogens is 2. The van der Waals surface area contributed by atoms with Crippen LogP contribution < -0.4 is 5.32 Å². The molecule has 0 saturated carbocycles. The molecule has 0 spiro atoms. The van der Waals surface area contributed by atoms with Crippen molar-refractivity contribution in [2.45, 2.75) is 27.3 Å². The molecule has 4 nitrogen and oxygen atoms in total. The summed E-state index contributed by atoms with van der Waals surface area (Å²) in [5.74, 6) is 0. The number of nitrogens with zero attached hydrogens (tertiary/aromatic N) is 3. The van der Waals surface area contributed by atoms with Crippen molar-refractivity contribution in [1.82, 2.24) is 9.78 Å². The number of rotatable bonds is 3. The van der Waals surface area contributed by atoms with Gasteiger partial charge in [-0.1, -0.05) is 6.07 Å². The molecule has 2 aromatic rings. The van der Waals surface area contributed by atoms with E-state index in [0.717, 1.165) is 22.6 Å². The number of benzene rings is 1. The van der Waals surface area contributed by atoms with Crippen molar-refractivity contribution in [2.75, 3.05) is 5.32 Å². The van der Waals surface area contributed by atoms with Gasteiger partial charge in [0.25, 0.3) is 0 Å². The van der Waals surface area contributed by atoms with Crippen LogP contribution in [0.4, 0.5) is 5.69 Å². The Morgan fingerprint density at radius 2 is 2.05 bits per heavy atom. The zero-order chi connectivity index (χ0) is 14.0. The van der Waals surface area contributed by atoms with Crippen LogP contribution in [0, 0.1) is 32.1 Å². The van der Waals surface area contributed by atoms with Gasteiger partial charge >= 0.3 is 0 Å². The van der Waals surface area contributed by atoms with E-state index in [1.807, 2.05) is 43.8 Å². The Labute approximate surface area is 113 Å². The van der Waals surface area contributed by atoms with Crippen LogP contribution in [0.25, 0.3) is 0 Å². The Hall–Kier alpha value is -2.28. The van der Waals surface area contributed by atoms with Gasteiger partial charge in [-0.3, -0.25) is 4.68 Å². The molecule has 4 heteroatoms. The number of nitrogens with one attached hydrogen (secondary N) is 1. The lowest BCUT2D eigenvalue weighted by Gasteiger charge is -2.09. The quantitative estimate of drug-likeness (QED) is 0.916. The van der Waals surface area contributed by atoms with Crippen LogP contribution in [-0.4, -0.2) is 9.78 Å². The molecule has 1 aromatic carbocycles. The van der Waals surface area contributed by atoms with Gasteiger partial charge in [0.2, 0.25) is 0 Å². The van der Waals surface area contributed by atoms with E-state index < -0.39 is 0 Å². The molecular weight excluding hydrogens is 236 g/mol. The van der Waals surface area contributed by atoms with Gasteiger partial charge in [0.1, 0.15) is 6.07 Å². The number of hydrogen-bond acceptors (Lipinski definition) is 3. The molecule has 0 aliphatic rings. The monoisotopic (exact) mass is 254 g/mol. The zero-order valence-corrected chi connectivity index (χ0v) is 11.8. The summed E-state index contributed by atoms with van der Waals surface area (Å²) in [5, 5.41) is 16.8. The molecular formula is C15H18N4. The van der Waals surface area contributed by atoms with Gasteiger partial charge in [0.05, 0.1) is 16.9 Å². The maximum Gasteiger partial charge on any atom is 0.101 e. The highest BCUT2D eigenvalue weighted by atomic mass is 15.3.